The number of alkyl halides is 1. The van der Waals surface area contributed by atoms with Crippen molar-refractivity contribution < 1.29 is 18.7 Å². The molecule has 0 unspecified atom stereocenters. The summed E-state index contributed by atoms with van der Waals surface area (Å²) < 4.78 is 26.1. The molecule has 0 saturated heterocycles. The Bertz CT molecular complexity index is 639. The number of carbonyl (C=O) groups excluding carboxylic acids is 1. The van der Waals surface area contributed by atoms with Gasteiger partial charge in [-0.3, -0.25) is 0 Å². The first-order valence-electron chi connectivity index (χ1n) is 6.23. The zero-order chi connectivity index (χ0) is 14.7. The molecule has 0 aliphatic heterocycles. The van der Waals surface area contributed by atoms with E-state index < -0.39 is 11.8 Å². The molecule has 6 heteroatoms. The number of methoxy groups -OCH3 is 1. The van der Waals surface area contributed by atoms with E-state index in [2.05, 4.69) is 15.9 Å². The van der Waals surface area contributed by atoms with Gasteiger partial charge in [-0.25, -0.2) is 9.18 Å². The number of benzene rings is 1. The van der Waals surface area contributed by atoms with Crippen molar-refractivity contribution in [2.24, 2.45) is 0 Å². The molecule has 0 N–H and O–H groups in total. The second-order valence-electron chi connectivity index (χ2n) is 4.08. The molecule has 0 saturated carbocycles. The van der Waals surface area contributed by atoms with Gasteiger partial charge in [-0.05, 0) is 19.1 Å². The molecule has 2 rings (SSSR count). The van der Waals surface area contributed by atoms with Crippen LogP contribution in [0.3, 0.4) is 0 Å². The smallest absolute Gasteiger partial charge is 0.358 e. The molecule has 1 aromatic carbocycles. The van der Waals surface area contributed by atoms with Crippen LogP contribution in [0.15, 0.2) is 18.2 Å². The Morgan fingerprint density at radius 3 is 2.80 bits per heavy atom. The van der Waals surface area contributed by atoms with Gasteiger partial charge in [0.15, 0.2) is 11.4 Å². The summed E-state index contributed by atoms with van der Waals surface area (Å²) in [7, 11) is 1.42. The lowest BCUT2D eigenvalue weighted by molar-refractivity contribution is 0.0511. The van der Waals surface area contributed by atoms with E-state index in [0.29, 0.717) is 22.8 Å². The van der Waals surface area contributed by atoms with E-state index in [1.54, 1.807) is 23.6 Å². The fraction of sp³-hybridized carbons (Fsp3) is 0.357. The van der Waals surface area contributed by atoms with Crippen LogP contribution in [0.1, 0.15) is 17.4 Å². The summed E-state index contributed by atoms with van der Waals surface area (Å²) in [6.07, 6.45) is 0. The molecule has 0 aliphatic carbocycles. The third-order valence-corrected chi connectivity index (χ3v) is 3.33. The van der Waals surface area contributed by atoms with Gasteiger partial charge in [0.05, 0.1) is 24.6 Å². The first-order valence-corrected chi connectivity index (χ1v) is 7.35. The van der Waals surface area contributed by atoms with E-state index in [4.69, 9.17) is 9.47 Å². The van der Waals surface area contributed by atoms with Crippen molar-refractivity contribution in [1.82, 2.24) is 4.57 Å². The monoisotopic (exact) mass is 343 g/mol. The normalized spacial score (nSPS) is 10.8. The SMILES string of the molecule is CCOC(=O)c1c(OC)c2c(F)cccc2n1CCBr. The summed E-state index contributed by atoms with van der Waals surface area (Å²) in [4.78, 5) is 12.1. The van der Waals surface area contributed by atoms with E-state index in [0.717, 1.165) is 0 Å². The zero-order valence-corrected chi connectivity index (χ0v) is 12.9. The number of hydrogen-bond acceptors (Lipinski definition) is 3. The Balaban J connectivity index is 2.78. The van der Waals surface area contributed by atoms with E-state index in [1.165, 1.54) is 13.2 Å². The Morgan fingerprint density at radius 2 is 2.20 bits per heavy atom. The number of carbonyl (C=O) groups is 1. The Hall–Kier alpha value is -1.56. The van der Waals surface area contributed by atoms with Crippen molar-refractivity contribution in [3.8, 4) is 5.75 Å². The summed E-state index contributed by atoms with van der Waals surface area (Å²) in [6.45, 7) is 2.49. The van der Waals surface area contributed by atoms with Gasteiger partial charge in [-0.2, -0.15) is 0 Å². The molecule has 108 valence electrons. The highest BCUT2D eigenvalue weighted by atomic mass is 79.9. The summed E-state index contributed by atoms with van der Waals surface area (Å²) >= 11 is 3.34. The molecule has 0 fully saturated rings. The minimum Gasteiger partial charge on any atom is -0.493 e. The average Bonchev–Trinajstić information content (AvgIpc) is 2.75. The second-order valence-corrected chi connectivity index (χ2v) is 4.87. The number of rotatable bonds is 5. The van der Waals surface area contributed by atoms with Crippen LogP contribution in [0.25, 0.3) is 10.9 Å². The van der Waals surface area contributed by atoms with Crippen molar-refractivity contribution >= 4 is 32.8 Å². The van der Waals surface area contributed by atoms with Crippen LogP contribution in [0, 0.1) is 5.82 Å². The van der Waals surface area contributed by atoms with E-state index in [9.17, 15) is 9.18 Å². The zero-order valence-electron chi connectivity index (χ0n) is 11.3. The lowest BCUT2D eigenvalue weighted by Gasteiger charge is -2.09. The van der Waals surface area contributed by atoms with Crippen molar-refractivity contribution in [3.05, 3.63) is 29.7 Å². The minimum absolute atomic E-state index is 0.220. The summed E-state index contributed by atoms with van der Waals surface area (Å²) in [5.74, 6) is -0.711. The number of nitrogens with zero attached hydrogens (tertiary/aromatic N) is 1. The van der Waals surface area contributed by atoms with Gasteiger partial charge in [-0.1, -0.05) is 22.0 Å². The molecule has 0 amide bonds. The van der Waals surface area contributed by atoms with E-state index >= 15 is 0 Å². The third kappa shape index (κ3) is 2.40. The first kappa shape index (κ1) is 14.8. The van der Waals surface area contributed by atoms with Crippen LogP contribution in [-0.4, -0.2) is 29.6 Å². The van der Waals surface area contributed by atoms with Crippen LogP contribution in [0.2, 0.25) is 0 Å². The van der Waals surface area contributed by atoms with Crippen molar-refractivity contribution in [1.29, 1.82) is 0 Å². The van der Waals surface area contributed by atoms with Crippen LogP contribution >= 0.6 is 15.9 Å². The van der Waals surface area contributed by atoms with Crippen LogP contribution < -0.4 is 4.74 Å². The molecule has 1 aromatic heterocycles. The maximum atomic E-state index is 14.1. The number of esters is 1. The molecule has 0 spiro atoms. The predicted molar refractivity (Wildman–Crippen MR) is 78.2 cm³/mol. The van der Waals surface area contributed by atoms with Crippen molar-refractivity contribution in [2.45, 2.75) is 13.5 Å². The summed E-state index contributed by atoms with van der Waals surface area (Å²) in [5.41, 5.74) is 0.859. The summed E-state index contributed by atoms with van der Waals surface area (Å²) in [6, 6.07) is 4.71. The predicted octanol–water partition coefficient (Wildman–Crippen LogP) is 3.36. The fourth-order valence-corrected chi connectivity index (χ4v) is 2.60. The molecule has 2 aromatic rings. The lowest BCUT2D eigenvalue weighted by atomic mass is 10.2. The van der Waals surface area contributed by atoms with Gasteiger partial charge in [-0.15, -0.1) is 0 Å². The number of aryl methyl sites for hydroxylation is 1. The van der Waals surface area contributed by atoms with E-state index in [1.807, 2.05) is 0 Å². The second kappa shape index (κ2) is 6.26. The van der Waals surface area contributed by atoms with Gasteiger partial charge in [0.1, 0.15) is 5.82 Å². The standard InChI is InChI=1S/C14H15BrFNO3/c1-3-20-14(18)12-13(19-2)11-9(16)5-4-6-10(11)17(12)8-7-15/h4-6H,3,7-8H2,1-2H3. The first-order chi connectivity index (χ1) is 9.65. The molecule has 0 aliphatic rings. The molecular weight excluding hydrogens is 329 g/mol. The number of ether oxygens (including phenoxy) is 2. The fourth-order valence-electron chi connectivity index (χ4n) is 2.24. The van der Waals surface area contributed by atoms with Gasteiger partial charge < -0.3 is 14.0 Å². The average molecular weight is 344 g/mol. The van der Waals surface area contributed by atoms with Crippen molar-refractivity contribution in [2.75, 3.05) is 19.0 Å². The van der Waals surface area contributed by atoms with Crippen LogP contribution in [0.4, 0.5) is 4.39 Å². The van der Waals surface area contributed by atoms with Crippen LogP contribution in [0.5, 0.6) is 5.75 Å². The van der Waals surface area contributed by atoms with Crippen LogP contribution in [-0.2, 0) is 11.3 Å². The molecule has 1 heterocycles. The molecule has 0 bridgehead atoms. The molecular formula is C14H15BrFNO3. The maximum absolute atomic E-state index is 14.1. The largest absolute Gasteiger partial charge is 0.493 e. The highest BCUT2D eigenvalue weighted by molar-refractivity contribution is 9.09. The third-order valence-electron chi connectivity index (χ3n) is 2.98. The molecule has 0 radical (unpaired) electrons. The lowest BCUT2D eigenvalue weighted by Crippen LogP contribution is -2.14. The Morgan fingerprint density at radius 1 is 1.45 bits per heavy atom. The quantitative estimate of drug-likeness (QED) is 0.617. The van der Waals surface area contributed by atoms with Gasteiger partial charge in [0, 0.05) is 11.9 Å². The van der Waals surface area contributed by atoms with Gasteiger partial charge in [0.2, 0.25) is 0 Å². The molecule has 4 nitrogen and oxygen atoms in total. The Labute approximate surface area is 124 Å². The Kier molecular flexibility index (Phi) is 4.65. The number of hydrogen-bond donors (Lipinski definition) is 0. The number of halogens is 2. The highest BCUT2D eigenvalue weighted by Gasteiger charge is 2.26. The van der Waals surface area contributed by atoms with E-state index in [-0.39, 0.29) is 18.1 Å². The van der Waals surface area contributed by atoms with Gasteiger partial charge >= 0.3 is 5.97 Å². The topological polar surface area (TPSA) is 40.5 Å². The minimum atomic E-state index is -0.513. The summed E-state index contributed by atoms with van der Waals surface area (Å²) in [5, 5.41) is 0.932. The number of fused-ring (bicyclic) bond motifs is 1. The highest BCUT2D eigenvalue weighted by Crippen LogP contribution is 2.35. The van der Waals surface area contributed by atoms with Gasteiger partial charge in [0.25, 0.3) is 0 Å². The maximum Gasteiger partial charge on any atom is 0.358 e. The van der Waals surface area contributed by atoms with Crippen molar-refractivity contribution in [3.63, 3.8) is 0 Å². The molecule has 20 heavy (non-hydrogen) atoms. The number of aromatic nitrogens is 1. The molecule has 0 atom stereocenters.